The molecule has 134 valence electrons. The topological polar surface area (TPSA) is 58.6 Å². The normalized spacial score (nSPS) is 16.7. The molecule has 0 radical (unpaired) electrons. The quantitative estimate of drug-likeness (QED) is 0.842. The molecule has 5 heteroatoms. The monoisotopic (exact) mass is 350 g/mol. The Hall–Kier alpha value is -3.08. The number of ether oxygens (including phenoxy) is 1. The predicted molar refractivity (Wildman–Crippen MR) is 102 cm³/mol. The van der Waals surface area contributed by atoms with Crippen molar-refractivity contribution in [3.63, 3.8) is 0 Å². The highest BCUT2D eigenvalue weighted by molar-refractivity contribution is 6.00. The molecule has 0 spiro atoms. The first-order valence-corrected chi connectivity index (χ1v) is 8.66. The summed E-state index contributed by atoms with van der Waals surface area (Å²) in [7, 11) is 1.60. The Balaban J connectivity index is 1.63. The summed E-state index contributed by atoms with van der Waals surface area (Å²) in [6.07, 6.45) is 4.81. The van der Waals surface area contributed by atoms with Crippen LogP contribution in [0.4, 0.5) is 5.69 Å². The third-order valence-electron chi connectivity index (χ3n) is 4.41. The number of hydrogen-bond acceptors (Lipinski definition) is 3. The van der Waals surface area contributed by atoms with Gasteiger partial charge in [0.2, 0.25) is 11.8 Å². The van der Waals surface area contributed by atoms with Gasteiger partial charge < -0.3 is 15.0 Å². The van der Waals surface area contributed by atoms with Gasteiger partial charge in [-0.1, -0.05) is 30.3 Å². The highest BCUT2D eigenvalue weighted by atomic mass is 16.5. The first kappa shape index (κ1) is 17.7. The van der Waals surface area contributed by atoms with Gasteiger partial charge in [-0.15, -0.1) is 0 Å². The lowest BCUT2D eigenvalue weighted by molar-refractivity contribution is -0.132. The molecule has 1 unspecified atom stereocenters. The van der Waals surface area contributed by atoms with E-state index in [1.54, 1.807) is 42.4 Å². The van der Waals surface area contributed by atoms with Gasteiger partial charge in [-0.25, -0.2) is 0 Å². The number of amides is 2. The molecule has 1 saturated heterocycles. The molecule has 0 saturated carbocycles. The SMILES string of the molecule is COc1ccc(NC(=O)C2CCCN2C(=O)/C=C/c2ccccc2)cc1. The highest BCUT2D eigenvalue weighted by Gasteiger charge is 2.33. The molecule has 2 aromatic carbocycles. The van der Waals surface area contributed by atoms with E-state index in [-0.39, 0.29) is 11.8 Å². The molecule has 2 amide bonds. The van der Waals surface area contributed by atoms with Crippen LogP contribution in [0.1, 0.15) is 18.4 Å². The Morgan fingerprint density at radius 2 is 1.85 bits per heavy atom. The van der Waals surface area contributed by atoms with Gasteiger partial charge in [-0.3, -0.25) is 9.59 Å². The minimum Gasteiger partial charge on any atom is -0.497 e. The first-order chi connectivity index (χ1) is 12.7. The number of likely N-dealkylation sites (tertiary alicyclic amines) is 1. The second-order valence-corrected chi connectivity index (χ2v) is 6.15. The van der Waals surface area contributed by atoms with Crippen molar-refractivity contribution in [2.75, 3.05) is 19.0 Å². The smallest absolute Gasteiger partial charge is 0.247 e. The van der Waals surface area contributed by atoms with Crippen LogP contribution in [0.5, 0.6) is 5.75 Å². The molecule has 0 aliphatic carbocycles. The molecule has 2 aromatic rings. The second-order valence-electron chi connectivity index (χ2n) is 6.15. The number of rotatable bonds is 5. The van der Waals surface area contributed by atoms with Crippen LogP contribution in [0.3, 0.4) is 0 Å². The highest BCUT2D eigenvalue weighted by Crippen LogP contribution is 2.21. The van der Waals surface area contributed by atoms with Crippen LogP contribution in [0.25, 0.3) is 6.08 Å². The van der Waals surface area contributed by atoms with Crippen LogP contribution in [0.2, 0.25) is 0 Å². The van der Waals surface area contributed by atoms with E-state index in [4.69, 9.17) is 4.74 Å². The molecule has 0 aromatic heterocycles. The van der Waals surface area contributed by atoms with Gasteiger partial charge >= 0.3 is 0 Å². The maximum atomic E-state index is 12.6. The zero-order valence-electron chi connectivity index (χ0n) is 14.7. The fourth-order valence-corrected chi connectivity index (χ4v) is 3.03. The van der Waals surface area contributed by atoms with Gasteiger partial charge in [0.05, 0.1) is 7.11 Å². The minimum absolute atomic E-state index is 0.138. The number of carbonyl (C=O) groups excluding carboxylic acids is 2. The van der Waals surface area contributed by atoms with Gasteiger partial charge in [-0.05, 0) is 48.7 Å². The van der Waals surface area contributed by atoms with Crippen molar-refractivity contribution in [3.8, 4) is 5.75 Å². The number of hydrogen-bond donors (Lipinski definition) is 1. The van der Waals surface area contributed by atoms with Crippen molar-refractivity contribution < 1.29 is 14.3 Å². The fourth-order valence-electron chi connectivity index (χ4n) is 3.03. The summed E-state index contributed by atoms with van der Waals surface area (Å²) in [4.78, 5) is 26.7. The maximum Gasteiger partial charge on any atom is 0.247 e. The van der Waals surface area contributed by atoms with Crippen molar-refractivity contribution in [2.24, 2.45) is 0 Å². The number of anilines is 1. The van der Waals surface area contributed by atoms with Gasteiger partial charge in [0.15, 0.2) is 0 Å². The lowest BCUT2D eigenvalue weighted by atomic mass is 10.2. The molecule has 1 fully saturated rings. The minimum atomic E-state index is -0.440. The van der Waals surface area contributed by atoms with Crippen molar-refractivity contribution in [2.45, 2.75) is 18.9 Å². The summed E-state index contributed by atoms with van der Waals surface area (Å²) >= 11 is 0. The van der Waals surface area contributed by atoms with E-state index in [1.807, 2.05) is 30.3 Å². The molecular weight excluding hydrogens is 328 g/mol. The molecule has 3 rings (SSSR count). The van der Waals surface area contributed by atoms with Crippen LogP contribution in [0.15, 0.2) is 60.7 Å². The Labute approximate surface area is 153 Å². The van der Waals surface area contributed by atoms with Crippen LogP contribution >= 0.6 is 0 Å². The zero-order chi connectivity index (χ0) is 18.4. The first-order valence-electron chi connectivity index (χ1n) is 8.66. The summed E-state index contributed by atoms with van der Waals surface area (Å²) in [5, 5.41) is 2.88. The molecule has 0 bridgehead atoms. The number of carbonyl (C=O) groups is 2. The van der Waals surface area contributed by atoms with E-state index in [0.717, 1.165) is 17.7 Å². The standard InChI is InChI=1S/C21H22N2O3/c1-26-18-12-10-17(11-13-18)22-21(25)19-8-5-15-23(19)20(24)14-9-16-6-3-2-4-7-16/h2-4,6-7,9-14,19H,5,8,15H2,1H3,(H,22,25)/b14-9+. The summed E-state index contributed by atoms with van der Waals surface area (Å²) in [6, 6.07) is 16.3. The third kappa shape index (κ3) is 4.30. The fraction of sp³-hybridized carbons (Fsp3) is 0.238. The molecule has 1 aliphatic heterocycles. The zero-order valence-corrected chi connectivity index (χ0v) is 14.7. The van der Waals surface area contributed by atoms with Crippen LogP contribution < -0.4 is 10.1 Å². The van der Waals surface area contributed by atoms with E-state index in [0.29, 0.717) is 18.7 Å². The Morgan fingerprint density at radius 1 is 1.12 bits per heavy atom. The molecule has 1 aliphatic rings. The number of nitrogens with one attached hydrogen (secondary N) is 1. The molecule has 1 N–H and O–H groups in total. The Morgan fingerprint density at radius 3 is 2.54 bits per heavy atom. The lowest BCUT2D eigenvalue weighted by Gasteiger charge is -2.22. The van der Waals surface area contributed by atoms with Gasteiger partial charge in [0.25, 0.3) is 0 Å². The molecule has 1 atom stereocenters. The Kier molecular flexibility index (Phi) is 5.69. The third-order valence-corrected chi connectivity index (χ3v) is 4.41. The van der Waals surface area contributed by atoms with Crippen LogP contribution in [-0.2, 0) is 9.59 Å². The van der Waals surface area contributed by atoms with E-state index in [2.05, 4.69) is 5.32 Å². The molecular formula is C21H22N2O3. The summed E-state index contributed by atoms with van der Waals surface area (Å²) in [5.74, 6) is 0.432. The summed E-state index contributed by atoms with van der Waals surface area (Å²) in [5.41, 5.74) is 1.65. The van der Waals surface area contributed by atoms with Gasteiger partial charge in [0.1, 0.15) is 11.8 Å². The predicted octanol–water partition coefficient (Wildman–Crippen LogP) is 3.34. The van der Waals surface area contributed by atoms with E-state index >= 15 is 0 Å². The van der Waals surface area contributed by atoms with E-state index in [1.165, 1.54) is 6.08 Å². The average Bonchev–Trinajstić information content (AvgIpc) is 3.17. The van der Waals surface area contributed by atoms with Crippen LogP contribution in [0, 0.1) is 0 Å². The number of methoxy groups -OCH3 is 1. The van der Waals surface area contributed by atoms with E-state index < -0.39 is 6.04 Å². The molecule has 26 heavy (non-hydrogen) atoms. The van der Waals surface area contributed by atoms with Crippen molar-refractivity contribution in [1.29, 1.82) is 0 Å². The lowest BCUT2D eigenvalue weighted by Crippen LogP contribution is -2.42. The number of benzene rings is 2. The van der Waals surface area contributed by atoms with Crippen molar-refractivity contribution in [1.82, 2.24) is 4.90 Å². The second kappa shape index (κ2) is 8.34. The van der Waals surface area contributed by atoms with Crippen LogP contribution in [-0.4, -0.2) is 36.4 Å². The largest absolute Gasteiger partial charge is 0.497 e. The average molecular weight is 350 g/mol. The van der Waals surface area contributed by atoms with Crippen molar-refractivity contribution >= 4 is 23.6 Å². The Bertz CT molecular complexity index is 785. The molecule has 5 nitrogen and oxygen atoms in total. The molecule has 1 heterocycles. The van der Waals surface area contributed by atoms with Gasteiger partial charge in [-0.2, -0.15) is 0 Å². The summed E-state index contributed by atoms with van der Waals surface area (Å²) < 4.78 is 5.11. The number of nitrogens with zero attached hydrogens (tertiary/aromatic N) is 1. The van der Waals surface area contributed by atoms with Crippen molar-refractivity contribution in [3.05, 3.63) is 66.2 Å². The summed E-state index contributed by atoms with van der Waals surface area (Å²) in [6.45, 7) is 0.596. The van der Waals surface area contributed by atoms with E-state index in [9.17, 15) is 9.59 Å². The maximum absolute atomic E-state index is 12.6. The van der Waals surface area contributed by atoms with Gasteiger partial charge in [0, 0.05) is 18.3 Å².